The molecule has 0 aliphatic rings. The van der Waals surface area contributed by atoms with Gasteiger partial charge in [0.1, 0.15) is 5.01 Å². The Morgan fingerprint density at radius 1 is 1.36 bits per heavy atom. The monoisotopic (exact) mass is 411 g/mol. The molecule has 2 rings (SSSR count). The van der Waals surface area contributed by atoms with Gasteiger partial charge in [-0.15, -0.1) is 24.0 Å². The number of nitriles is 1. The maximum absolute atomic E-state index is 9.07. The summed E-state index contributed by atoms with van der Waals surface area (Å²) in [6.45, 7) is 5.73. The number of aromatic nitrogens is 1. The predicted octanol–water partition coefficient (Wildman–Crippen LogP) is 6.80. The van der Waals surface area contributed by atoms with Gasteiger partial charge in [0, 0.05) is 10.5 Å². The highest BCUT2D eigenvalue weighted by molar-refractivity contribution is 7.80. The molecule has 0 radical (unpaired) electrons. The minimum atomic E-state index is -0.358. The largest absolute Gasteiger partial charge is 0.302 e. The number of rotatable bonds is 6. The number of nitrogens with one attached hydrogen (secondary N) is 1. The smallest absolute Gasteiger partial charge is 0.137 e. The van der Waals surface area contributed by atoms with Gasteiger partial charge in [0.05, 0.1) is 37.8 Å². The van der Waals surface area contributed by atoms with E-state index < -0.39 is 0 Å². The van der Waals surface area contributed by atoms with E-state index in [9.17, 15) is 0 Å². The zero-order valence-electron chi connectivity index (χ0n) is 14.3. The number of benzene rings is 1. The summed E-state index contributed by atoms with van der Waals surface area (Å²) in [6, 6.07) is 5.97. The van der Waals surface area contributed by atoms with Crippen molar-refractivity contribution < 1.29 is 0 Å². The van der Waals surface area contributed by atoms with Crippen molar-refractivity contribution in [3.8, 4) is 16.5 Å². The zero-order chi connectivity index (χ0) is 18.8. The van der Waals surface area contributed by atoms with Crippen LogP contribution < -0.4 is 0 Å². The van der Waals surface area contributed by atoms with E-state index in [0.29, 0.717) is 32.1 Å². The number of hydrogen-bond donors (Lipinski definition) is 2. The van der Waals surface area contributed by atoms with E-state index in [1.165, 1.54) is 11.3 Å². The Balaban J connectivity index is 2.19. The van der Waals surface area contributed by atoms with Crippen molar-refractivity contribution in [3.05, 3.63) is 32.9 Å². The Kier molecular flexibility index (Phi) is 6.56. The first-order chi connectivity index (χ1) is 11.7. The third-order valence-corrected chi connectivity index (χ3v) is 6.53. The highest BCUT2D eigenvalue weighted by atomic mass is 35.5. The number of aryl methyl sites for hydroxylation is 1. The first-order valence-corrected chi connectivity index (χ1v) is 9.82. The predicted molar refractivity (Wildman–Crippen MR) is 110 cm³/mol. The van der Waals surface area contributed by atoms with Gasteiger partial charge >= 0.3 is 0 Å². The summed E-state index contributed by atoms with van der Waals surface area (Å²) in [7, 11) is 0. The third-order valence-electron chi connectivity index (χ3n) is 3.89. The Morgan fingerprint density at radius 3 is 2.68 bits per heavy atom. The molecule has 1 aromatic carbocycles. The number of nitrogens with zero attached hydrogens (tertiary/aromatic N) is 2. The molecule has 132 valence electrons. The van der Waals surface area contributed by atoms with Crippen LogP contribution in [0.3, 0.4) is 0 Å². The molecule has 0 spiro atoms. The Bertz CT molecular complexity index is 851. The highest BCUT2D eigenvalue weighted by Crippen LogP contribution is 2.41. The van der Waals surface area contributed by atoms with Crippen LogP contribution in [0.25, 0.3) is 10.4 Å². The lowest BCUT2D eigenvalue weighted by Crippen LogP contribution is -2.09. The number of thiol groups is 1. The van der Waals surface area contributed by atoms with E-state index >= 15 is 0 Å². The molecule has 25 heavy (non-hydrogen) atoms. The van der Waals surface area contributed by atoms with Gasteiger partial charge in [0.15, 0.2) is 0 Å². The van der Waals surface area contributed by atoms with Crippen molar-refractivity contribution in [2.75, 3.05) is 0 Å². The van der Waals surface area contributed by atoms with Crippen molar-refractivity contribution >= 4 is 52.9 Å². The number of thiazole rings is 1. The first-order valence-electron chi connectivity index (χ1n) is 7.80. The molecule has 0 saturated carbocycles. The highest BCUT2D eigenvalue weighted by Gasteiger charge is 2.19. The Morgan fingerprint density at radius 2 is 2.04 bits per heavy atom. The maximum Gasteiger partial charge on any atom is 0.137 e. The van der Waals surface area contributed by atoms with Gasteiger partial charge in [-0.2, -0.15) is 5.26 Å². The normalized spacial score (nSPS) is 11.4. The molecule has 7 heteroatoms. The van der Waals surface area contributed by atoms with Crippen LogP contribution in [0.5, 0.6) is 0 Å². The summed E-state index contributed by atoms with van der Waals surface area (Å²) in [5, 5.41) is 18.9. The molecule has 0 aliphatic heterocycles. The van der Waals surface area contributed by atoms with Gasteiger partial charge in [0.25, 0.3) is 0 Å². The standard InChI is InChI=1S/C18H19Cl2N3S2/c1-10-16(11-6-7-13(24)15(20)14(11)19)25-17(23-10)12(22)5-4-8-18(2,3)9-21/h6-7,22,24H,4-5,8H2,1-3H3. The van der Waals surface area contributed by atoms with E-state index in [2.05, 4.69) is 23.7 Å². The topological polar surface area (TPSA) is 60.5 Å². The van der Waals surface area contributed by atoms with Gasteiger partial charge < -0.3 is 5.41 Å². The summed E-state index contributed by atoms with van der Waals surface area (Å²) in [6.07, 6.45) is 2.14. The van der Waals surface area contributed by atoms with Crippen LogP contribution in [0, 0.1) is 29.1 Å². The molecule has 0 aliphatic carbocycles. The van der Waals surface area contributed by atoms with Crippen molar-refractivity contribution in [2.45, 2.75) is 44.9 Å². The van der Waals surface area contributed by atoms with E-state index in [0.717, 1.165) is 29.0 Å². The van der Waals surface area contributed by atoms with Crippen molar-refractivity contribution in [3.63, 3.8) is 0 Å². The lowest BCUT2D eigenvalue weighted by Gasteiger charge is -2.13. The molecule has 1 N–H and O–H groups in total. The molecular weight excluding hydrogens is 393 g/mol. The molecule has 3 nitrogen and oxygen atoms in total. The molecule has 0 unspecified atom stereocenters. The summed E-state index contributed by atoms with van der Waals surface area (Å²) >= 11 is 18.3. The van der Waals surface area contributed by atoms with Crippen molar-refractivity contribution in [1.82, 2.24) is 4.98 Å². The summed E-state index contributed by atoms with van der Waals surface area (Å²) in [4.78, 5) is 6.07. The molecule has 0 saturated heterocycles. The fraction of sp³-hybridized carbons (Fsp3) is 0.389. The van der Waals surface area contributed by atoms with Crippen LogP contribution in [0.15, 0.2) is 17.0 Å². The summed E-state index contributed by atoms with van der Waals surface area (Å²) in [5.74, 6) is 0. The van der Waals surface area contributed by atoms with Gasteiger partial charge in [-0.25, -0.2) is 4.98 Å². The Hall–Kier alpha value is -1.06. The molecule has 1 aromatic heterocycles. The second-order valence-corrected chi connectivity index (χ2v) is 8.76. The lowest BCUT2D eigenvalue weighted by atomic mass is 9.89. The SMILES string of the molecule is Cc1nc(C(=N)CCCC(C)(C)C#N)sc1-c1ccc(S)c(Cl)c1Cl. The van der Waals surface area contributed by atoms with Crippen LogP contribution in [0.4, 0.5) is 0 Å². The van der Waals surface area contributed by atoms with Crippen LogP contribution in [0.2, 0.25) is 10.0 Å². The molecule has 0 atom stereocenters. The zero-order valence-corrected chi connectivity index (χ0v) is 17.5. The van der Waals surface area contributed by atoms with E-state index in [4.69, 9.17) is 33.9 Å². The van der Waals surface area contributed by atoms with E-state index in [-0.39, 0.29) is 5.41 Å². The van der Waals surface area contributed by atoms with Gasteiger partial charge in [-0.1, -0.05) is 29.3 Å². The molecule has 0 bridgehead atoms. The fourth-order valence-corrected chi connectivity index (χ4v) is 4.17. The molecule has 0 fully saturated rings. The van der Waals surface area contributed by atoms with Gasteiger partial charge in [-0.3, -0.25) is 0 Å². The fourth-order valence-electron chi connectivity index (χ4n) is 2.36. The molecular formula is C18H19Cl2N3S2. The summed E-state index contributed by atoms with van der Waals surface area (Å²) < 4.78 is 0. The minimum Gasteiger partial charge on any atom is -0.302 e. The second-order valence-electron chi connectivity index (χ2n) is 6.52. The van der Waals surface area contributed by atoms with E-state index in [1.807, 2.05) is 26.8 Å². The van der Waals surface area contributed by atoms with Gasteiger partial charge in [0.2, 0.25) is 0 Å². The second kappa shape index (κ2) is 8.09. The third kappa shape index (κ3) is 4.77. The van der Waals surface area contributed by atoms with Gasteiger partial charge in [-0.05, 0) is 46.1 Å². The first kappa shape index (κ1) is 20.3. The van der Waals surface area contributed by atoms with Crippen molar-refractivity contribution in [2.24, 2.45) is 5.41 Å². The van der Waals surface area contributed by atoms with Crippen LogP contribution in [0.1, 0.15) is 43.8 Å². The quantitative estimate of drug-likeness (QED) is 0.405. The number of halogens is 2. The number of hydrogen-bond acceptors (Lipinski definition) is 5. The van der Waals surface area contributed by atoms with Crippen LogP contribution >= 0.6 is 47.2 Å². The lowest BCUT2D eigenvalue weighted by molar-refractivity contribution is 0.439. The van der Waals surface area contributed by atoms with E-state index in [1.54, 1.807) is 6.07 Å². The molecule has 0 amide bonds. The minimum absolute atomic E-state index is 0.358. The maximum atomic E-state index is 9.07. The average molecular weight is 412 g/mol. The molecule has 2 aromatic rings. The summed E-state index contributed by atoms with van der Waals surface area (Å²) in [5.41, 5.74) is 1.76. The molecule has 1 heterocycles. The van der Waals surface area contributed by atoms with Crippen LogP contribution in [-0.2, 0) is 0 Å². The Labute approximate surface area is 167 Å². The average Bonchev–Trinajstić information content (AvgIpc) is 2.94. The van der Waals surface area contributed by atoms with Crippen LogP contribution in [-0.4, -0.2) is 10.7 Å². The van der Waals surface area contributed by atoms with Crippen molar-refractivity contribution in [1.29, 1.82) is 10.7 Å².